The molecule has 1 unspecified atom stereocenters. The number of carbonyl (C=O) groups excluding carboxylic acids is 2. The summed E-state index contributed by atoms with van der Waals surface area (Å²) < 4.78 is 5.36. The first-order valence-electron chi connectivity index (χ1n) is 11.9. The molecule has 1 aliphatic carbocycles. The molecule has 1 saturated carbocycles. The van der Waals surface area contributed by atoms with Crippen LogP contribution in [0.25, 0.3) is 0 Å². The van der Waals surface area contributed by atoms with Crippen LogP contribution in [0.5, 0.6) is 0 Å². The molecule has 3 atom stereocenters. The molecule has 1 aliphatic rings. The summed E-state index contributed by atoms with van der Waals surface area (Å²) in [6, 6.07) is 20.3. The Hall–Kier alpha value is -2.86. The van der Waals surface area contributed by atoms with E-state index in [0.717, 1.165) is 24.9 Å². The molecule has 0 saturated heterocycles. The average Bonchev–Trinajstić information content (AvgIpc) is 3.56. The number of carbonyl (C=O) groups is 2. The van der Waals surface area contributed by atoms with E-state index in [2.05, 4.69) is 40.2 Å². The van der Waals surface area contributed by atoms with Crippen LogP contribution in [0.3, 0.4) is 0 Å². The Bertz CT molecular complexity index is 880. The van der Waals surface area contributed by atoms with Crippen LogP contribution in [-0.2, 0) is 16.1 Å². The van der Waals surface area contributed by atoms with E-state index in [1.54, 1.807) is 0 Å². The third-order valence-electron chi connectivity index (χ3n) is 5.66. The van der Waals surface area contributed by atoms with E-state index >= 15 is 0 Å². The molecule has 0 aromatic heterocycles. The lowest BCUT2D eigenvalue weighted by molar-refractivity contribution is -0.123. The molecular formula is C27H37N3O3. The molecule has 178 valence electrons. The molecular weight excluding hydrogens is 414 g/mol. The number of rotatable bonds is 11. The normalized spacial score (nSPS) is 18.3. The van der Waals surface area contributed by atoms with Gasteiger partial charge in [-0.25, -0.2) is 4.79 Å². The van der Waals surface area contributed by atoms with Gasteiger partial charge in [0.1, 0.15) is 11.6 Å². The molecule has 0 radical (unpaired) electrons. The van der Waals surface area contributed by atoms with Gasteiger partial charge in [-0.2, -0.15) is 0 Å². The van der Waals surface area contributed by atoms with Crippen molar-refractivity contribution >= 4 is 12.0 Å². The van der Waals surface area contributed by atoms with E-state index in [4.69, 9.17) is 4.74 Å². The highest BCUT2D eigenvalue weighted by molar-refractivity contribution is 5.85. The van der Waals surface area contributed by atoms with Gasteiger partial charge < -0.3 is 20.7 Å². The molecule has 0 bridgehead atoms. The molecule has 0 heterocycles. The van der Waals surface area contributed by atoms with Gasteiger partial charge in [0.15, 0.2) is 0 Å². The van der Waals surface area contributed by atoms with Gasteiger partial charge in [0.25, 0.3) is 0 Å². The number of ether oxygens (including phenoxy) is 1. The zero-order valence-corrected chi connectivity index (χ0v) is 20.0. The summed E-state index contributed by atoms with van der Waals surface area (Å²) in [6.45, 7) is 6.75. The van der Waals surface area contributed by atoms with Crippen LogP contribution in [0.4, 0.5) is 4.79 Å². The Balaban J connectivity index is 1.42. The summed E-state index contributed by atoms with van der Waals surface area (Å²) in [5, 5.41) is 9.31. The lowest BCUT2D eigenvalue weighted by atomic mass is 10.1. The minimum absolute atomic E-state index is 0.191. The minimum Gasteiger partial charge on any atom is -0.444 e. The summed E-state index contributed by atoms with van der Waals surface area (Å²) in [7, 11) is 0. The first kappa shape index (κ1) is 24.8. The minimum atomic E-state index is -0.624. The lowest BCUT2D eigenvalue weighted by Crippen LogP contribution is -2.48. The number of hydrogen-bond donors (Lipinski definition) is 3. The van der Waals surface area contributed by atoms with Crippen LogP contribution in [0.15, 0.2) is 60.7 Å². The Morgan fingerprint density at radius 2 is 1.67 bits per heavy atom. The van der Waals surface area contributed by atoms with Crippen LogP contribution >= 0.6 is 0 Å². The van der Waals surface area contributed by atoms with Gasteiger partial charge in [-0.15, -0.1) is 0 Å². The molecule has 2 amide bonds. The van der Waals surface area contributed by atoms with E-state index in [0.29, 0.717) is 24.9 Å². The predicted octanol–water partition coefficient (Wildman–Crippen LogP) is 4.51. The monoisotopic (exact) mass is 451 g/mol. The van der Waals surface area contributed by atoms with Crippen LogP contribution in [0.2, 0.25) is 0 Å². The van der Waals surface area contributed by atoms with Gasteiger partial charge in [0, 0.05) is 18.5 Å². The maximum atomic E-state index is 12.8. The smallest absolute Gasteiger partial charge is 0.408 e. The predicted molar refractivity (Wildman–Crippen MR) is 131 cm³/mol. The SMILES string of the molecule is CC(C)(C)OC(=O)NC(CCCCN[C@@H]1C[C@H]1c1ccccc1)C(=O)NCc1ccccc1. The van der Waals surface area contributed by atoms with Crippen molar-refractivity contribution < 1.29 is 14.3 Å². The first-order valence-corrected chi connectivity index (χ1v) is 11.9. The fraction of sp³-hybridized carbons (Fsp3) is 0.481. The highest BCUT2D eigenvalue weighted by Crippen LogP contribution is 2.40. The number of alkyl carbamates (subject to hydrolysis) is 1. The molecule has 0 aliphatic heterocycles. The maximum absolute atomic E-state index is 12.8. The second kappa shape index (κ2) is 11.8. The first-order chi connectivity index (χ1) is 15.8. The van der Waals surface area contributed by atoms with Gasteiger partial charge in [0.05, 0.1) is 0 Å². The zero-order valence-electron chi connectivity index (χ0n) is 20.0. The highest BCUT2D eigenvalue weighted by atomic mass is 16.6. The van der Waals surface area contributed by atoms with Crippen molar-refractivity contribution in [1.29, 1.82) is 0 Å². The third-order valence-corrected chi connectivity index (χ3v) is 5.66. The number of unbranched alkanes of at least 4 members (excludes halogenated alkanes) is 1. The van der Waals surface area contributed by atoms with Gasteiger partial charge in [-0.3, -0.25) is 4.79 Å². The molecule has 2 aromatic rings. The molecule has 33 heavy (non-hydrogen) atoms. The molecule has 2 aromatic carbocycles. The van der Waals surface area contributed by atoms with Gasteiger partial charge in [-0.1, -0.05) is 60.7 Å². The van der Waals surface area contributed by atoms with E-state index in [9.17, 15) is 9.59 Å². The highest BCUT2D eigenvalue weighted by Gasteiger charge is 2.37. The summed E-state index contributed by atoms with van der Waals surface area (Å²) in [6.07, 6.45) is 2.94. The van der Waals surface area contributed by atoms with Crippen molar-refractivity contribution in [1.82, 2.24) is 16.0 Å². The fourth-order valence-corrected chi connectivity index (χ4v) is 3.88. The Morgan fingerprint density at radius 3 is 2.33 bits per heavy atom. The second-order valence-corrected chi connectivity index (χ2v) is 9.71. The van der Waals surface area contributed by atoms with E-state index in [1.807, 2.05) is 57.2 Å². The molecule has 6 nitrogen and oxygen atoms in total. The molecule has 6 heteroatoms. The molecule has 3 N–H and O–H groups in total. The van der Waals surface area contributed by atoms with Crippen LogP contribution in [-0.4, -0.2) is 36.2 Å². The quantitative estimate of drug-likeness (QED) is 0.439. The Morgan fingerprint density at radius 1 is 1.00 bits per heavy atom. The van der Waals surface area contributed by atoms with Gasteiger partial charge in [0.2, 0.25) is 5.91 Å². The third kappa shape index (κ3) is 8.89. The summed E-state index contributed by atoms with van der Waals surface area (Å²) in [5.41, 5.74) is 1.80. The Labute approximate surface area is 197 Å². The van der Waals surface area contributed by atoms with Crippen molar-refractivity contribution in [2.24, 2.45) is 0 Å². The van der Waals surface area contributed by atoms with E-state index in [-0.39, 0.29) is 5.91 Å². The topological polar surface area (TPSA) is 79.5 Å². The van der Waals surface area contributed by atoms with Crippen LogP contribution < -0.4 is 16.0 Å². The molecule has 0 spiro atoms. The summed E-state index contributed by atoms with van der Waals surface area (Å²) >= 11 is 0. The summed E-state index contributed by atoms with van der Waals surface area (Å²) in [4.78, 5) is 25.1. The van der Waals surface area contributed by atoms with Crippen molar-refractivity contribution in [2.75, 3.05) is 6.54 Å². The van der Waals surface area contributed by atoms with Gasteiger partial charge >= 0.3 is 6.09 Å². The lowest BCUT2D eigenvalue weighted by Gasteiger charge is -2.23. The second-order valence-electron chi connectivity index (χ2n) is 9.71. The summed E-state index contributed by atoms with van der Waals surface area (Å²) in [5.74, 6) is 0.417. The fourth-order valence-electron chi connectivity index (χ4n) is 3.88. The number of hydrogen-bond acceptors (Lipinski definition) is 4. The van der Waals surface area contributed by atoms with E-state index < -0.39 is 17.7 Å². The zero-order chi connectivity index (χ0) is 23.7. The maximum Gasteiger partial charge on any atom is 0.408 e. The standard InChI is InChI=1S/C27H37N3O3/c1-27(2,3)33-26(32)30-23(25(31)29-19-20-12-6-4-7-13-20)16-10-11-17-28-24-18-22(24)21-14-8-5-9-15-21/h4-9,12-15,22-24,28H,10-11,16-19H2,1-3H3,(H,29,31)(H,30,32)/t22-,23?,24+/m0/s1. The van der Waals surface area contributed by atoms with Crippen molar-refractivity contribution in [3.8, 4) is 0 Å². The van der Waals surface area contributed by atoms with E-state index in [1.165, 1.54) is 12.0 Å². The Kier molecular flexibility index (Phi) is 8.89. The average molecular weight is 452 g/mol. The largest absolute Gasteiger partial charge is 0.444 e. The van der Waals surface area contributed by atoms with Crippen molar-refractivity contribution in [2.45, 2.75) is 76.6 Å². The van der Waals surface area contributed by atoms with Crippen LogP contribution in [0, 0.1) is 0 Å². The van der Waals surface area contributed by atoms with Crippen molar-refractivity contribution in [3.63, 3.8) is 0 Å². The van der Waals surface area contributed by atoms with Crippen molar-refractivity contribution in [3.05, 3.63) is 71.8 Å². The number of amides is 2. The molecule has 3 rings (SSSR count). The molecule has 1 fully saturated rings. The number of benzene rings is 2. The van der Waals surface area contributed by atoms with Gasteiger partial charge in [-0.05, 0) is 64.1 Å². The number of nitrogens with one attached hydrogen (secondary N) is 3. The van der Waals surface area contributed by atoms with Crippen LogP contribution in [0.1, 0.15) is 63.5 Å².